The third-order valence-corrected chi connectivity index (χ3v) is 0.760. The topological polar surface area (TPSA) is 9.23 Å². The maximum atomic E-state index is 4.84. The van der Waals surface area contributed by atoms with Crippen LogP contribution in [0.2, 0.25) is 0 Å². The molecule has 33 valence electrons. The molecular formula is C5H7O. The van der Waals surface area contributed by atoms with Gasteiger partial charge in [0.15, 0.2) is 0 Å². The average molecular weight is 83.1 g/mol. The van der Waals surface area contributed by atoms with E-state index >= 15 is 0 Å². The van der Waals surface area contributed by atoms with Crippen molar-refractivity contribution in [2.75, 3.05) is 6.61 Å². The van der Waals surface area contributed by atoms with Crippen molar-refractivity contribution in [2.45, 2.75) is 6.92 Å². The molecule has 1 rings (SSSR count). The molecule has 0 fully saturated rings. The number of hydrogen-bond donors (Lipinski definition) is 0. The lowest BCUT2D eigenvalue weighted by atomic mass is 10.2. The predicted octanol–water partition coefficient (Wildman–Crippen LogP) is 1.12. The quantitative estimate of drug-likeness (QED) is 0.426. The molecule has 0 aromatic rings. The van der Waals surface area contributed by atoms with Crippen molar-refractivity contribution in [3.8, 4) is 0 Å². The number of hydrogen-bond acceptors (Lipinski definition) is 1. The highest BCUT2D eigenvalue weighted by molar-refractivity contribution is 5.09. The highest BCUT2D eigenvalue weighted by Crippen LogP contribution is 2.07. The Balaban J connectivity index is 2.38. The normalized spacial score (nSPS) is 21.5. The highest BCUT2D eigenvalue weighted by atomic mass is 16.5. The molecule has 1 radical (unpaired) electrons. The van der Waals surface area contributed by atoms with Crippen LogP contribution in [-0.4, -0.2) is 6.61 Å². The lowest BCUT2D eigenvalue weighted by molar-refractivity contribution is 0.290. The van der Waals surface area contributed by atoms with Crippen LogP contribution < -0.4 is 0 Å². The highest BCUT2D eigenvalue weighted by Gasteiger charge is 2.00. The van der Waals surface area contributed by atoms with Crippen LogP contribution in [0.25, 0.3) is 0 Å². The average Bonchev–Trinajstić information content (AvgIpc) is 1.86. The minimum absolute atomic E-state index is 0.792. The second-order valence-electron chi connectivity index (χ2n) is 1.46. The summed E-state index contributed by atoms with van der Waals surface area (Å²) in [5.74, 6) is 1.30. The first-order valence-corrected chi connectivity index (χ1v) is 2.00. The Morgan fingerprint density at radius 2 is 2.67 bits per heavy atom. The zero-order chi connectivity index (χ0) is 4.41. The van der Waals surface area contributed by atoms with E-state index in [1.54, 1.807) is 6.26 Å². The van der Waals surface area contributed by atoms with E-state index in [0.717, 1.165) is 6.61 Å². The predicted molar refractivity (Wildman–Crippen MR) is 24.0 cm³/mol. The standard InChI is InChI=1S/C5H7O/c1-5-2-3-6-4-5/h2-3H,4H2,1H3. The summed E-state index contributed by atoms with van der Waals surface area (Å²) in [7, 11) is 0. The van der Waals surface area contributed by atoms with Gasteiger partial charge in [0.25, 0.3) is 0 Å². The second-order valence-corrected chi connectivity index (χ2v) is 1.46. The van der Waals surface area contributed by atoms with Gasteiger partial charge in [-0.05, 0) is 6.08 Å². The summed E-state index contributed by atoms with van der Waals surface area (Å²) in [6.07, 6.45) is 3.69. The van der Waals surface area contributed by atoms with Gasteiger partial charge in [0.2, 0.25) is 0 Å². The van der Waals surface area contributed by atoms with E-state index in [2.05, 4.69) is 0 Å². The first-order chi connectivity index (χ1) is 2.89. The maximum Gasteiger partial charge on any atom is 0.0971 e. The fourth-order valence-corrected chi connectivity index (χ4v) is 0.392. The minimum Gasteiger partial charge on any atom is -0.501 e. The molecule has 0 saturated carbocycles. The Bertz CT molecular complexity index is 66.3. The molecule has 0 aromatic carbocycles. The van der Waals surface area contributed by atoms with Gasteiger partial charge in [-0.25, -0.2) is 0 Å². The van der Waals surface area contributed by atoms with Gasteiger partial charge in [0.05, 0.1) is 12.9 Å². The molecule has 0 unspecified atom stereocenters. The maximum absolute atomic E-state index is 4.84. The van der Waals surface area contributed by atoms with E-state index in [1.807, 2.05) is 13.0 Å². The van der Waals surface area contributed by atoms with Crippen LogP contribution in [0.3, 0.4) is 0 Å². The molecule has 0 atom stereocenters. The van der Waals surface area contributed by atoms with Gasteiger partial charge in [0.1, 0.15) is 0 Å². The van der Waals surface area contributed by atoms with Gasteiger partial charge in [0, 0.05) is 5.92 Å². The van der Waals surface area contributed by atoms with Gasteiger partial charge >= 0.3 is 0 Å². The van der Waals surface area contributed by atoms with Crippen molar-refractivity contribution in [3.05, 3.63) is 18.3 Å². The van der Waals surface area contributed by atoms with Crippen molar-refractivity contribution >= 4 is 0 Å². The summed E-state index contributed by atoms with van der Waals surface area (Å²) >= 11 is 0. The molecule has 1 heteroatoms. The lowest BCUT2D eigenvalue weighted by Gasteiger charge is -1.89. The van der Waals surface area contributed by atoms with Crippen LogP contribution in [0.15, 0.2) is 12.3 Å². The third-order valence-electron chi connectivity index (χ3n) is 0.760. The Kier molecular flexibility index (Phi) is 0.825. The van der Waals surface area contributed by atoms with Crippen LogP contribution in [-0.2, 0) is 4.74 Å². The molecule has 6 heavy (non-hydrogen) atoms. The minimum atomic E-state index is 0.792. The van der Waals surface area contributed by atoms with Crippen molar-refractivity contribution in [1.82, 2.24) is 0 Å². The zero-order valence-electron chi connectivity index (χ0n) is 3.77. The van der Waals surface area contributed by atoms with Gasteiger partial charge in [-0.3, -0.25) is 0 Å². The SMILES string of the molecule is C[C]1C=COC1. The molecule has 0 amide bonds. The Hall–Kier alpha value is -0.460. The summed E-state index contributed by atoms with van der Waals surface area (Å²) in [6, 6.07) is 0. The van der Waals surface area contributed by atoms with Crippen LogP contribution in [0, 0.1) is 5.92 Å². The molecule has 0 saturated heterocycles. The van der Waals surface area contributed by atoms with Gasteiger partial charge in [-0.15, -0.1) is 0 Å². The molecule has 0 bridgehead atoms. The Morgan fingerprint density at radius 3 is 2.83 bits per heavy atom. The van der Waals surface area contributed by atoms with Crippen LogP contribution in [0.1, 0.15) is 6.92 Å². The Labute approximate surface area is 37.6 Å². The van der Waals surface area contributed by atoms with Crippen molar-refractivity contribution in [3.63, 3.8) is 0 Å². The van der Waals surface area contributed by atoms with E-state index in [0.29, 0.717) is 0 Å². The molecule has 0 aliphatic carbocycles. The zero-order valence-corrected chi connectivity index (χ0v) is 3.77. The molecule has 1 aliphatic rings. The van der Waals surface area contributed by atoms with E-state index in [-0.39, 0.29) is 0 Å². The molecule has 0 aromatic heterocycles. The summed E-state index contributed by atoms with van der Waals surface area (Å²) in [6.45, 7) is 2.84. The van der Waals surface area contributed by atoms with Gasteiger partial charge < -0.3 is 4.74 Å². The van der Waals surface area contributed by atoms with Crippen molar-refractivity contribution in [1.29, 1.82) is 0 Å². The summed E-state index contributed by atoms with van der Waals surface area (Å²) < 4.78 is 4.84. The van der Waals surface area contributed by atoms with Crippen molar-refractivity contribution in [2.24, 2.45) is 0 Å². The molecule has 1 heterocycles. The van der Waals surface area contributed by atoms with E-state index in [9.17, 15) is 0 Å². The van der Waals surface area contributed by atoms with E-state index in [1.165, 1.54) is 5.92 Å². The van der Waals surface area contributed by atoms with Crippen LogP contribution in [0.5, 0.6) is 0 Å². The van der Waals surface area contributed by atoms with E-state index in [4.69, 9.17) is 4.74 Å². The lowest BCUT2D eigenvalue weighted by Crippen LogP contribution is -1.86. The molecule has 1 nitrogen and oxygen atoms in total. The first kappa shape index (κ1) is 3.72. The first-order valence-electron chi connectivity index (χ1n) is 2.00. The van der Waals surface area contributed by atoms with E-state index < -0.39 is 0 Å². The summed E-state index contributed by atoms with van der Waals surface area (Å²) in [5, 5.41) is 0. The second kappa shape index (κ2) is 1.33. The van der Waals surface area contributed by atoms with Crippen molar-refractivity contribution < 1.29 is 4.74 Å². The summed E-state index contributed by atoms with van der Waals surface area (Å²) in [4.78, 5) is 0. The van der Waals surface area contributed by atoms with Gasteiger partial charge in [-0.2, -0.15) is 0 Å². The molecule has 1 aliphatic heterocycles. The smallest absolute Gasteiger partial charge is 0.0971 e. The van der Waals surface area contributed by atoms with Crippen LogP contribution in [0.4, 0.5) is 0 Å². The number of rotatable bonds is 0. The fourth-order valence-electron chi connectivity index (χ4n) is 0.392. The fraction of sp³-hybridized carbons (Fsp3) is 0.400. The monoisotopic (exact) mass is 83.0 g/mol. The van der Waals surface area contributed by atoms with Gasteiger partial charge in [-0.1, -0.05) is 6.92 Å². The molecular weight excluding hydrogens is 76.1 g/mol. The molecule has 0 spiro atoms. The largest absolute Gasteiger partial charge is 0.501 e. The molecule has 0 N–H and O–H groups in total. The Morgan fingerprint density at radius 1 is 1.83 bits per heavy atom. The third kappa shape index (κ3) is 0.534. The summed E-state index contributed by atoms with van der Waals surface area (Å²) in [5.41, 5.74) is 0. The van der Waals surface area contributed by atoms with Crippen LogP contribution >= 0.6 is 0 Å². The number of ether oxygens (including phenoxy) is 1.